The summed E-state index contributed by atoms with van der Waals surface area (Å²) in [6, 6.07) is 7.41. The van der Waals surface area contributed by atoms with E-state index in [1.54, 1.807) is 0 Å². The van der Waals surface area contributed by atoms with Crippen LogP contribution in [-0.2, 0) is 24.2 Å². The van der Waals surface area contributed by atoms with Crippen LogP contribution >= 0.6 is 0 Å². The molecule has 0 amide bonds. The molecule has 0 bridgehead atoms. The fourth-order valence-electron chi connectivity index (χ4n) is 5.20. The number of nitrogens with zero attached hydrogens (tertiary/aromatic N) is 1. The van der Waals surface area contributed by atoms with E-state index in [2.05, 4.69) is 46.9 Å². The van der Waals surface area contributed by atoms with E-state index in [1.807, 2.05) is 42.8 Å². The molecule has 36 heavy (non-hydrogen) atoms. The molecule has 0 spiro atoms. The second kappa shape index (κ2) is 13.1. The first-order valence-corrected chi connectivity index (χ1v) is 13.6. The Kier molecular flexibility index (Phi) is 10.8. The van der Waals surface area contributed by atoms with Crippen molar-refractivity contribution in [1.29, 1.82) is 0 Å². The standard InChI is InChI=1S/C21H26N2O3.C10H22/c1-13-19(20(26)14-5-7-15(22-4)8-6-14)16-11-21(2,3)10-9-17(16)23(13)12-18(24)25;1-5-6-10(4)8-7-9(2)3/h5-8,22H,9-12H2,1-4H3,(H,24,25);9-10H,5-8H2,1-4H3. The Balaban J connectivity index is 0.000000388. The Morgan fingerprint density at radius 2 is 1.72 bits per heavy atom. The predicted octanol–water partition coefficient (Wildman–Crippen LogP) is 7.53. The first-order chi connectivity index (χ1) is 16.9. The summed E-state index contributed by atoms with van der Waals surface area (Å²) in [5, 5.41) is 12.4. The van der Waals surface area contributed by atoms with Crippen LogP contribution in [-0.4, -0.2) is 28.5 Å². The summed E-state index contributed by atoms with van der Waals surface area (Å²) in [4.78, 5) is 24.6. The molecule has 1 unspecified atom stereocenters. The SMILES string of the molecule is CCCC(C)CCC(C)C.CNc1ccc(C(=O)c2c3c(n(CC(=O)O)c2C)CCC(C)(C)C3)cc1. The maximum Gasteiger partial charge on any atom is 0.323 e. The lowest BCUT2D eigenvalue weighted by Crippen LogP contribution is -2.24. The highest BCUT2D eigenvalue weighted by atomic mass is 16.4. The number of benzene rings is 1. The normalized spacial score (nSPS) is 15.0. The summed E-state index contributed by atoms with van der Waals surface area (Å²) < 4.78 is 1.82. The van der Waals surface area contributed by atoms with Gasteiger partial charge in [0, 0.05) is 35.2 Å². The molecule has 0 saturated heterocycles. The van der Waals surface area contributed by atoms with Crippen LogP contribution in [0, 0.1) is 24.2 Å². The molecular formula is C31H48N2O3. The van der Waals surface area contributed by atoms with Gasteiger partial charge in [0.1, 0.15) is 6.54 Å². The zero-order valence-corrected chi connectivity index (χ0v) is 23.8. The maximum atomic E-state index is 13.3. The van der Waals surface area contributed by atoms with Crippen molar-refractivity contribution in [2.45, 2.75) is 100.0 Å². The average Bonchev–Trinajstić information content (AvgIpc) is 3.06. The number of anilines is 1. The van der Waals surface area contributed by atoms with Crippen LogP contribution < -0.4 is 5.32 Å². The van der Waals surface area contributed by atoms with Gasteiger partial charge in [-0.1, -0.05) is 67.2 Å². The Hall–Kier alpha value is -2.56. The van der Waals surface area contributed by atoms with E-state index in [1.165, 1.54) is 25.7 Å². The minimum atomic E-state index is -0.881. The van der Waals surface area contributed by atoms with Gasteiger partial charge < -0.3 is 15.0 Å². The van der Waals surface area contributed by atoms with Crippen LogP contribution in [0.1, 0.15) is 107 Å². The van der Waals surface area contributed by atoms with Crippen molar-refractivity contribution in [3.8, 4) is 0 Å². The zero-order chi connectivity index (χ0) is 27.0. The smallest absolute Gasteiger partial charge is 0.323 e. The van der Waals surface area contributed by atoms with E-state index in [-0.39, 0.29) is 17.7 Å². The van der Waals surface area contributed by atoms with E-state index in [0.29, 0.717) is 11.1 Å². The molecule has 0 radical (unpaired) electrons. The Morgan fingerprint density at radius 3 is 2.25 bits per heavy atom. The van der Waals surface area contributed by atoms with E-state index in [4.69, 9.17) is 0 Å². The summed E-state index contributed by atoms with van der Waals surface area (Å²) in [7, 11) is 1.84. The molecule has 3 rings (SSSR count). The van der Waals surface area contributed by atoms with Gasteiger partial charge in [-0.2, -0.15) is 0 Å². The number of ketones is 1. The molecule has 5 heteroatoms. The second-order valence-electron chi connectivity index (χ2n) is 11.7. The third-order valence-electron chi connectivity index (χ3n) is 7.41. The van der Waals surface area contributed by atoms with Gasteiger partial charge in [0.25, 0.3) is 0 Å². The molecule has 1 aromatic carbocycles. The molecule has 1 atom stereocenters. The summed E-state index contributed by atoms with van der Waals surface area (Å²) in [6.45, 7) is 15.4. The highest BCUT2D eigenvalue weighted by Crippen LogP contribution is 2.39. The van der Waals surface area contributed by atoms with Crippen molar-refractivity contribution < 1.29 is 14.7 Å². The van der Waals surface area contributed by atoms with Crippen LogP contribution in [0.15, 0.2) is 24.3 Å². The number of aromatic nitrogens is 1. The number of carboxylic acid groups (broad SMARTS) is 1. The molecule has 1 heterocycles. The minimum Gasteiger partial charge on any atom is -0.480 e. The molecule has 1 aliphatic carbocycles. The number of rotatable bonds is 10. The average molecular weight is 497 g/mol. The van der Waals surface area contributed by atoms with E-state index < -0.39 is 5.97 Å². The third-order valence-corrected chi connectivity index (χ3v) is 7.41. The fourth-order valence-corrected chi connectivity index (χ4v) is 5.20. The second-order valence-corrected chi connectivity index (χ2v) is 11.7. The number of aliphatic carboxylic acids is 1. The lowest BCUT2D eigenvalue weighted by molar-refractivity contribution is -0.137. The largest absolute Gasteiger partial charge is 0.480 e. The van der Waals surface area contributed by atoms with Crippen LogP contribution in [0.5, 0.6) is 0 Å². The molecule has 200 valence electrons. The van der Waals surface area contributed by atoms with Gasteiger partial charge in [0.15, 0.2) is 5.78 Å². The van der Waals surface area contributed by atoms with Crippen LogP contribution in [0.2, 0.25) is 0 Å². The number of hydrogen-bond donors (Lipinski definition) is 2. The van der Waals surface area contributed by atoms with Crippen molar-refractivity contribution in [2.24, 2.45) is 17.3 Å². The first kappa shape index (κ1) is 29.7. The van der Waals surface area contributed by atoms with Gasteiger partial charge in [-0.25, -0.2) is 0 Å². The zero-order valence-electron chi connectivity index (χ0n) is 23.8. The van der Waals surface area contributed by atoms with E-state index in [9.17, 15) is 14.7 Å². The fraction of sp³-hybridized carbons (Fsp3) is 0.613. The maximum absolute atomic E-state index is 13.3. The molecule has 0 saturated carbocycles. The van der Waals surface area contributed by atoms with E-state index in [0.717, 1.165) is 53.7 Å². The van der Waals surface area contributed by atoms with Gasteiger partial charge in [-0.05, 0) is 73.3 Å². The van der Waals surface area contributed by atoms with Gasteiger partial charge in [-0.3, -0.25) is 9.59 Å². The molecule has 2 aromatic rings. The topological polar surface area (TPSA) is 71.3 Å². The van der Waals surface area contributed by atoms with Crippen molar-refractivity contribution >= 4 is 17.4 Å². The Bertz CT molecular complexity index is 1020. The summed E-state index contributed by atoms with van der Waals surface area (Å²) in [5.41, 5.74) is 5.18. The highest BCUT2D eigenvalue weighted by molar-refractivity contribution is 6.11. The summed E-state index contributed by atoms with van der Waals surface area (Å²) in [6.07, 6.45) is 8.18. The molecule has 0 fully saturated rings. The van der Waals surface area contributed by atoms with Crippen LogP contribution in [0.3, 0.4) is 0 Å². The quantitative estimate of drug-likeness (QED) is 0.334. The number of fused-ring (bicyclic) bond motifs is 1. The molecule has 0 aliphatic heterocycles. The van der Waals surface area contributed by atoms with Crippen molar-refractivity contribution in [3.05, 3.63) is 52.3 Å². The number of carboxylic acids is 1. The number of nitrogens with one attached hydrogen (secondary N) is 1. The predicted molar refractivity (Wildman–Crippen MR) is 150 cm³/mol. The first-order valence-electron chi connectivity index (χ1n) is 13.6. The molecule has 5 nitrogen and oxygen atoms in total. The van der Waals surface area contributed by atoms with Crippen LogP contribution in [0.4, 0.5) is 5.69 Å². The molecule has 1 aliphatic rings. The molecule has 2 N–H and O–H groups in total. The van der Waals surface area contributed by atoms with Gasteiger partial charge in [0.05, 0.1) is 0 Å². The highest BCUT2D eigenvalue weighted by Gasteiger charge is 2.34. The number of carbonyl (C=O) groups is 2. The van der Waals surface area contributed by atoms with Gasteiger partial charge >= 0.3 is 5.97 Å². The lowest BCUT2D eigenvalue weighted by Gasteiger charge is -2.30. The lowest BCUT2D eigenvalue weighted by atomic mass is 9.75. The van der Waals surface area contributed by atoms with Crippen molar-refractivity contribution in [3.63, 3.8) is 0 Å². The van der Waals surface area contributed by atoms with Crippen molar-refractivity contribution in [1.82, 2.24) is 4.57 Å². The van der Waals surface area contributed by atoms with Gasteiger partial charge in [-0.15, -0.1) is 0 Å². The molecule has 1 aromatic heterocycles. The summed E-state index contributed by atoms with van der Waals surface area (Å²) >= 11 is 0. The number of hydrogen-bond acceptors (Lipinski definition) is 3. The van der Waals surface area contributed by atoms with Gasteiger partial charge in [0.2, 0.25) is 0 Å². The summed E-state index contributed by atoms with van der Waals surface area (Å²) in [5.74, 6) is 0.933. The van der Waals surface area contributed by atoms with Crippen molar-refractivity contribution in [2.75, 3.05) is 12.4 Å². The third kappa shape index (κ3) is 7.97. The minimum absolute atomic E-state index is 0.0248. The number of carbonyl (C=O) groups excluding carboxylic acids is 1. The Labute approximate surface area is 218 Å². The molecular weight excluding hydrogens is 448 g/mol. The van der Waals surface area contributed by atoms with E-state index >= 15 is 0 Å². The van der Waals surface area contributed by atoms with Crippen LogP contribution in [0.25, 0.3) is 0 Å². The Morgan fingerprint density at radius 1 is 1.08 bits per heavy atom. The monoisotopic (exact) mass is 496 g/mol.